The van der Waals surface area contributed by atoms with Gasteiger partial charge in [0, 0.05) is 0 Å². The summed E-state index contributed by atoms with van der Waals surface area (Å²) in [7, 11) is 0. The van der Waals surface area contributed by atoms with E-state index < -0.39 is 0 Å². The van der Waals surface area contributed by atoms with Gasteiger partial charge in [0.1, 0.15) is 16.7 Å². The van der Waals surface area contributed by atoms with Gasteiger partial charge in [-0.3, -0.25) is 15.5 Å². The third-order valence-corrected chi connectivity index (χ3v) is 4.45. The van der Waals surface area contributed by atoms with Crippen molar-refractivity contribution in [1.29, 1.82) is 0 Å². The van der Waals surface area contributed by atoms with Crippen molar-refractivity contribution < 1.29 is 14.7 Å². The molecule has 3 rings (SSSR count). The van der Waals surface area contributed by atoms with Crippen LogP contribution in [0, 0.1) is 0 Å². The number of hydrogen-bond acceptors (Lipinski definition) is 6. The number of ether oxygens (including phenoxy) is 1. The SMILES string of the molecule is O=C1NC(=S)S/C1=C/c1cccc(OCc2ccc(NO)cc2)c1. The van der Waals surface area contributed by atoms with Gasteiger partial charge in [0.2, 0.25) is 0 Å². The number of nitrogens with one attached hydrogen (secondary N) is 2. The van der Waals surface area contributed by atoms with Crippen molar-refractivity contribution >= 4 is 46.0 Å². The minimum absolute atomic E-state index is 0.172. The van der Waals surface area contributed by atoms with Gasteiger partial charge >= 0.3 is 0 Å². The van der Waals surface area contributed by atoms with Crippen molar-refractivity contribution in [2.24, 2.45) is 0 Å². The highest BCUT2D eigenvalue weighted by atomic mass is 32.2. The van der Waals surface area contributed by atoms with Crippen LogP contribution in [-0.2, 0) is 11.4 Å². The number of rotatable bonds is 5. The Balaban J connectivity index is 1.68. The first-order valence-corrected chi connectivity index (χ1v) is 8.33. The van der Waals surface area contributed by atoms with Crippen LogP contribution in [0.1, 0.15) is 11.1 Å². The van der Waals surface area contributed by atoms with E-state index in [0.717, 1.165) is 11.1 Å². The summed E-state index contributed by atoms with van der Waals surface area (Å²) in [6.07, 6.45) is 1.79. The largest absolute Gasteiger partial charge is 0.489 e. The van der Waals surface area contributed by atoms with E-state index in [2.05, 4.69) is 10.8 Å². The minimum atomic E-state index is -0.172. The Morgan fingerprint density at radius 2 is 2.04 bits per heavy atom. The van der Waals surface area contributed by atoms with E-state index in [4.69, 9.17) is 22.2 Å². The Morgan fingerprint density at radius 1 is 1.25 bits per heavy atom. The van der Waals surface area contributed by atoms with Crippen LogP contribution in [0.2, 0.25) is 0 Å². The lowest BCUT2D eigenvalue weighted by Gasteiger charge is -2.08. The van der Waals surface area contributed by atoms with Crippen molar-refractivity contribution in [2.75, 3.05) is 5.48 Å². The number of carbonyl (C=O) groups excluding carboxylic acids is 1. The maximum Gasteiger partial charge on any atom is 0.263 e. The highest BCUT2D eigenvalue weighted by Gasteiger charge is 2.21. The molecule has 0 saturated carbocycles. The Bertz CT molecular complexity index is 804. The summed E-state index contributed by atoms with van der Waals surface area (Å²) in [5.74, 6) is 0.536. The molecular weight excluding hydrogens is 344 g/mol. The molecule has 7 heteroatoms. The molecule has 0 radical (unpaired) electrons. The van der Waals surface area contributed by atoms with Crippen molar-refractivity contribution in [3.05, 3.63) is 64.6 Å². The second-order valence-electron chi connectivity index (χ2n) is 5.02. The highest BCUT2D eigenvalue weighted by Crippen LogP contribution is 2.27. The van der Waals surface area contributed by atoms with E-state index in [0.29, 0.717) is 27.3 Å². The predicted octanol–water partition coefficient (Wildman–Crippen LogP) is 3.56. The fourth-order valence-electron chi connectivity index (χ4n) is 2.11. The monoisotopic (exact) mass is 358 g/mol. The summed E-state index contributed by atoms with van der Waals surface area (Å²) in [6.45, 7) is 0.408. The molecule has 2 aromatic carbocycles. The van der Waals surface area contributed by atoms with E-state index in [9.17, 15) is 4.79 Å². The van der Waals surface area contributed by atoms with Crippen molar-refractivity contribution in [3.63, 3.8) is 0 Å². The van der Waals surface area contributed by atoms with Gasteiger partial charge in [-0.1, -0.05) is 48.2 Å². The number of amides is 1. The fourth-order valence-corrected chi connectivity index (χ4v) is 3.15. The molecule has 122 valence electrons. The molecule has 24 heavy (non-hydrogen) atoms. The first kappa shape index (κ1) is 16.5. The van der Waals surface area contributed by atoms with Crippen molar-refractivity contribution in [2.45, 2.75) is 6.61 Å². The van der Waals surface area contributed by atoms with Crippen LogP contribution in [0.5, 0.6) is 5.75 Å². The van der Waals surface area contributed by atoms with Crippen LogP contribution in [0.3, 0.4) is 0 Å². The topological polar surface area (TPSA) is 70.6 Å². The lowest BCUT2D eigenvalue weighted by Crippen LogP contribution is -2.17. The maximum atomic E-state index is 11.7. The van der Waals surface area contributed by atoms with Crippen LogP contribution in [0.25, 0.3) is 6.08 Å². The zero-order valence-electron chi connectivity index (χ0n) is 12.5. The van der Waals surface area contributed by atoms with Gasteiger partial charge in [-0.25, -0.2) is 0 Å². The number of carbonyl (C=O) groups is 1. The lowest BCUT2D eigenvalue weighted by molar-refractivity contribution is -0.115. The van der Waals surface area contributed by atoms with Crippen molar-refractivity contribution in [1.82, 2.24) is 5.32 Å². The van der Waals surface area contributed by atoms with Crippen LogP contribution in [0.4, 0.5) is 5.69 Å². The van der Waals surface area contributed by atoms with Gasteiger partial charge in [0.25, 0.3) is 5.91 Å². The summed E-state index contributed by atoms with van der Waals surface area (Å²) in [5.41, 5.74) is 4.56. The van der Waals surface area contributed by atoms with Gasteiger partial charge in [-0.15, -0.1) is 0 Å². The average Bonchev–Trinajstić information content (AvgIpc) is 2.91. The molecule has 2 aromatic rings. The van der Waals surface area contributed by atoms with E-state index in [1.807, 2.05) is 36.4 Å². The number of hydrogen-bond donors (Lipinski definition) is 3. The van der Waals surface area contributed by atoms with E-state index in [1.165, 1.54) is 11.8 Å². The molecule has 0 bridgehead atoms. The average molecular weight is 358 g/mol. The maximum absolute atomic E-state index is 11.7. The fraction of sp³-hybridized carbons (Fsp3) is 0.0588. The van der Waals surface area contributed by atoms with Crippen LogP contribution >= 0.6 is 24.0 Å². The molecule has 1 aliphatic rings. The molecule has 5 nitrogen and oxygen atoms in total. The summed E-state index contributed by atoms with van der Waals surface area (Å²) >= 11 is 6.23. The zero-order valence-corrected chi connectivity index (χ0v) is 14.1. The molecule has 1 saturated heterocycles. The Kier molecular flexibility index (Phi) is 5.14. The first-order chi connectivity index (χ1) is 11.6. The third kappa shape index (κ3) is 4.14. The van der Waals surface area contributed by atoms with E-state index >= 15 is 0 Å². The normalized spacial score (nSPS) is 15.5. The quantitative estimate of drug-likeness (QED) is 0.431. The summed E-state index contributed by atoms with van der Waals surface area (Å²) in [6, 6.07) is 14.8. The Morgan fingerprint density at radius 3 is 2.71 bits per heavy atom. The molecule has 1 aliphatic heterocycles. The van der Waals surface area contributed by atoms with Gasteiger partial charge in [-0.05, 0) is 41.5 Å². The predicted molar refractivity (Wildman–Crippen MR) is 98.9 cm³/mol. The van der Waals surface area contributed by atoms with Crippen LogP contribution < -0.4 is 15.5 Å². The van der Waals surface area contributed by atoms with Crippen LogP contribution in [0.15, 0.2) is 53.4 Å². The van der Waals surface area contributed by atoms with Gasteiger partial charge in [-0.2, -0.15) is 0 Å². The summed E-state index contributed by atoms with van der Waals surface area (Å²) < 4.78 is 6.25. The number of thioether (sulfide) groups is 1. The summed E-state index contributed by atoms with van der Waals surface area (Å²) in [5, 5.41) is 11.4. The van der Waals surface area contributed by atoms with Crippen molar-refractivity contribution in [3.8, 4) is 5.75 Å². The second kappa shape index (κ2) is 7.48. The molecule has 0 aliphatic carbocycles. The van der Waals surface area contributed by atoms with Gasteiger partial charge < -0.3 is 10.1 Å². The molecule has 1 heterocycles. The minimum Gasteiger partial charge on any atom is -0.489 e. The highest BCUT2D eigenvalue weighted by molar-refractivity contribution is 8.26. The standard InChI is InChI=1S/C17H14N2O3S2/c20-16-15(24-17(23)18-16)9-12-2-1-3-14(8-12)22-10-11-4-6-13(19-21)7-5-11/h1-9,19,21H,10H2,(H,18,20,23)/b15-9+. The number of benzene rings is 2. The second-order valence-corrected chi connectivity index (χ2v) is 6.74. The number of anilines is 1. The van der Waals surface area contributed by atoms with Gasteiger partial charge in [0.05, 0.1) is 10.6 Å². The molecule has 1 amide bonds. The molecule has 0 spiro atoms. The smallest absolute Gasteiger partial charge is 0.263 e. The molecule has 0 aromatic heterocycles. The lowest BCUT2D eigenvalue weighted by atomic mass is 10.2. The first-order valence-electron chi connectivity index (χ1n) is 7.11. The zero-order chi connectivity index (χ0) is 16.9. The third-order valence-electron chi connectivity index (χ3n) is 3.29. The molecule has 1 fully saturated rings. The molecule has 0 atom stereocenters. The van der Waals surface area contributed by atoms with E-state index in [1.54, 1.807) is 18.2 Å². The Labute approximate surface area is 148 Å². The summed E-state index contributed by atoms with van der Waals surface area (Å²) in [4.78, 5) is 12.3. The van der Waals surface area contributed by atoms with E-state index in [-0.39, 0.29) is 5.91 Å². The molecule has 0 unspecified atom stereocenters. The Hall–Kier alpha value is -2.35. The number of thiocarbonyl (C=S) groups is 1. The molecule has 3 N–H and O–H groups in total. The van der Waals surface area contributed by atoms with Gasteiger partial charge in [0.15, 0.2) is 0 Å². The van der Waals surface area contributed by atoms with Crippen LogP contribution in [-0.4, -0.2) is 15.4 Å². The molecular formula is C17H14N2O3S2.